The van der Waals surface area contributed by atoms with Crippen molar-refractivity contribution in [1.29, 1.82) is 0 Å². The second-order valence-corrected chi connectivity index (χ2v) is 9.36. The van der Waals surface area contributed by atoms with E-state index < -0.39 is 0 Å². The maximum Gasteiger partial charge on any atom is 0.341 e. The molecule has 0 radical (unpaired) electrons. The van der Waals surface area contributed by atoms with Gasteiger partial charge in [-0.15, -0.1) is 11.3 Å². The lowest BCUT2D eigenvalue weighted by atomic mass is 10.1. The summed E-state index contributed by atoms with van der Waals surface area (Å²) < 4.78 is 20.6. The lowest BCUT2D eigenvalue weighted by Gasteiger charge is -2.10. The number of fused-ring (bicyclic) bond motifs is 1. The number of anilines is 2. The number of rotatable bonds is 5. The number of thiophene rings is 1. The molecule has 4 rings (SSSR count). The number of halogens is 2. The number of hydrogen-bond acceptors (Lipinski definition) is 5. The SMILES string of the molecule is COC(=O)c1c(NC(=S)Nc2ccn(Cc3c(F)cccc3Cl)n2)sc2c1CCCCC2. The monoisotopic (exact) mass is 492 g/mol. The molecule has 1 aromatic carbocycles. The lowest BCUT2D eigenvalue weighted by Crippen LogP contribution is -2.20. The van der Waals surface area contributed by atoms with E-state index in [2.05, 4.69) is 15.7 Å². The van der Waals surface area contributed by atoms with Gasteiger partial charge in [0.05, 0.1) is 19.2 Å². The molecule has 2 aromatic heterocycles. The first-order chi connectivity index (χ1) is 15.5. The Labute approximate surface area is 199 Å². The summed E-state index contributed by atoms with van der Waals surface area (Å²) in [6.07, 6.45) is 6.85. The molecule has 0 fully saturated rings. The number of methoxy groups -OCH3 is 1. The fourth-order valence-corrected chi connectivity index (χ4v) is 5.54. The predicted molar refractivity (Wildman–Crippen MR) is 129 cm³/mol. The Kier molecular flexibility index (Phi) is 7.07. The molecule has 0 amide bonds. The summed E-state index contributed by atoms with van der Waals surface area (Å²) in [5.41, 5.74) is 2.00. The van der Waals surface area contributed by atoms with Crippen molar-refractivity contribution in [3.8, 4) is 0 Å². The number of ether oxygens (including phenoxy) is 1. The van der Waals surface area contributed by atoms with Gasteiger partial charge in [0.15, 0.2) is 10.9 Å². The van der Waals surface area contributed by atoms with E-state index in [4.69, 9.17) is 28.6 Å². The first-order valence-corrected chi connectivity index (χ1v) is 11.8. The average Bonchev–Trinajstić information content (AvgIpc) is 3.26. The summed E-state index contributed by atoms with van der Waals surface area (Å²) in [6, 6.07) is 6.30. The molecule has 0 saturated carbocycles. The molecule has 2 N–H and O–H groups in total. The quantitative estimate of drug-likeness (QED) is 0.272. The zero-order chi connectivity index (χ0) is 22.7. The minimum Gasteiger partial charge on any atom is -0.465 e. The van der Waals surface area contributed by atoms with Gasteiger partial charge in [-0.25, -0.2) is 9.18 Å². The maximum absolute atomic E-state index is 14.0. The van der Waals surface area contributed by atoms with Crippen LogP contribution in [-0.2, 0) is 24.1 Å². The Balaban J connectivity index is 1.47. The number of nitrogens with zero attached hydrogens (tertiary/aromatic N) is 2. The van der Waals surface area contributed by atoms with Crippen molar-refractivity contribution < 1.29 is 13.9 Å². The molecule has 6 nitrogen and oxygen atoms in total. The fourth-order valence-electron chi connectivity index (χ4n) is 3.76. The van der Waals surface area contributed by atoms with Gasteiger partial charge in [0, 0.05) is 27.7 Å². The van der Waals surface area contributed by atoms with E-state index in [1.165, 1.54) is 18.1 Å². The zero-order valence-corrected chi connectivity index (χ0v) is 19.8. The van der Waals surface area contributed by atoms with E-state index >= 15 is 0 Å². The highest BCUT2D eigenvalue weighted by molar-refractivity contribution is 7.80. The molecule has 0 saturated heterocycles. The minimum atomic E-state index is -0.382. The Bertz CT molecular complexity index is 1140. The summed E-state index contributed by atoms with van der Waals surface area (Å²) in [5.74, 6) is -0.249. The third-order valence-electron chi connectivity index (χ3n) is 5.30. The zero-order valence-electron chi connectivity index (χ0n) is 17.4. The van der Waals surface area contributed by atoms with Crippen molar-refractivity contribution in [3.05, 3.63) is 62.9 Å². The van der Waals surface area contributed by atoms with Crippen LogP contribution < -0.4 is 10.6 Å². The Morgan fingerprint density at radius 1 is 1.28 bits per heavy atom. The fraction of sp³-hybridized carbons (Fsp3) is 0.318. The Hall–Kier alpha value is -2.49. The summed E-state index contributed by atoms with van der Waals surface area (Å²) in [6.45, 7) is 0.192. The molecule has 10 heteroatoms. The highest BCUT2D eigenvalue weighted by atomic mass is 35.5. The topological polar surface area (TPSA) is 68.2 Å². The number of nitrogens with one attached hydrogen (secondary N) is 2. The van der Waals surface area contributed by atoms with Crippen molar-refractivity contribution in [3.63, 3.8) is 0 Å². The highest BCUT2D eigenvalue weighted by Gasteiger charge is 2.25. The van der Waals surface area contributed by atoms with Crippen molar-refractivity contribution in [2.45, 2.75) is 38.6 Å². The smallest absolute Gasteiger partial charge is 0.341 e. The van der Waals surface area contributed by atoms with Crippen molar-refractivity contribution in [1.82, 2.24) is 9.78 Å². The van der Waals surface area contributed by atoms with E-state index in [1.54, 1.807) is 40.4 Å². The van der Waals surface area contributed by atoms with Gasteiger partial charge in [-0.1, -0.05) is 24.1 Å². The van der Waals surface area contributed by atoms with Gasteiger partial charge in [-0.2, -0.15) is 5.10 Å². The molecular weight excluding hydrogens is 471 g/mol. The number of aromatic nitrogens is 2. The van der Waals surface area contributed by atoms with Crippen LogP contribution in [0, 0.1) is 5.82 Å². The van der Waals surface area contributed by atoms with Crippen LogP contribution in [0.1, 0.15) is 45.6 Å². The van der Waals surface area contributed by atoms with Gasteiger partial charge in [0.25, 0.3) is 0 Å². The second kappa shape index (κ2) is 9.97. The highest BCUT2D eigenvalue weighted by Crippen LogP contribution is 2.38. The first kappa shape index (κ1) is 22.7. The van der Waals surface area contributed by atoms with Crippen LogP contribution in [0.15, 0.2) is 30.5 Å². The van der Waals surface area contributed by atoms with Gasteiger partial charge >= 0.3 is 5.97 Å². The van der Waals surface area contributed by atoms with Gasteiger partial charge in [0.1, 0.15) is 10.8 Å². The van der Waals surface area contributed by atoms with Gasteiger partial charge < -0.3 is 15.4 Å². The van der Waals surface area contributed by atoms with Crippen molar-refractivity contribution >= 4 is 57.1 Å². The van der Waals surface area contributed by atoms with E-state index in [-0.39, 0.29) is 18.3 Å². The molecule has 168 valence electrons. The predicted octanol–water partition coefficient (Wildman–Crippen LogP) is 5.65. The number of esters is 1. The van der Waals surface area contributed by atoms with Crippen LogP contribution in [0.3, 0.4) is 0 Å². The molecule has 0 atom stereocenters. The average molecular weight is 493 g/mol. The van der Waals surface area contributed by atoms with Gasteiger partial charge in [-0.05, 0) is 55.6 Å². The molecule has 32 heavy (non-hydrogen) atoms. The summed E-state index contributed by atoms with van der Waals surface area (Å²) >= 11 is 13.1. The molecule has 3 aromatic rings. The number of aryl methyl sites for hydroxylation is 1. The molecule has 0 aliphatic heterocycles. The van der Waals surface area contributed by atoms with Crippen molar-refractivity contribution in [2.75, 3.05) is 17.7 Å². The molecule has 0 spiro atoms. The second-order valence-electron chi connectivity index (χ2n) is 7.44. The maximum atomic E-state index is 14.0. The van der Waals surface area contributed by atoms with Gasteiger partial charge in [-0.3, -0.25) is 4.68 Å². The van der Waals surface area contributed by atoms with E-state index in [9.17, 15) is 9.18 Å². The molecular formula is C22H22ClFN4O2S2. The summed E-state index contributed by atoms with van der Waals surface area (Å²) in [4.78, 5) is 13.7. The van der Waals surface area contributed by atoms with E-state index in [0.717, 1.165) is 37.7 Å². The largest absolute Gasteiger partial charge is 0.465 e. The number of benzene rings is 1. The molecule has 1 aliphatic rings. The van der Waals surface area contributed by atoms with Crippen molar-refractivity contribution in [2.24, 2.45) is 0 Å². The normalized spacial score (nSPS) is 13.2. The third kappa shape index (κ3) is 4.95. The van der Waals surface area contributed by atoms with Crippen LogP contribution in [0.4, 0.5) is 15.2 Å². The van der Waals surface area contributed by atoms with Crippen LogP contribution >= 0.6 is 35.2 Å². The number of thiocarbonyl (C=S) groups is 1. The summed E-state index contributed by atoms with van der Waals surface area (Å²) in [7, 11) is 1.39. The third-order valence-corrected chi connectivity index (χ3v) is 7.07. The van der Waals surface area contributed by atoms with Gasteiger partial charge in [0.2, 0.25) is 0 Å². The van der Waals surface area contributed by atoms with E-state index in [0.29, 0.717) is 32.1 Å². The van der Waals surface area contributed by atoms with Crippen LogP contribution in [-0.4, -0.2) is 28.0 Å². The number of carbonyl (C=O) groups is 1. The Morgan fingerprint density at radius 2 is 2.09 bits per heavy atom. The molecule has 0 unspecified atom stereocenters. The summed E-state index contributed by atoms with van der Waals surface area (Å²) in [5, 5.41) is 11.9. The number of hydrogen-bond donors (Lipinski definition) is 2. The van der Waals surface area contributed by atoms with Crippen LogP contribution in [0.25, 0.3) is 0 Å². The molecule has 0 bridgehead atoms. The standard InChI is InChI=1S/C22H22ClFN4O2S2/c1-30-21(29)19-13-6-3-2-4-9-17(13)32-20(19)26-22(31)25-18-10-11-28(27-18)12-14-15(23)7-5-8-16(14)24/h5,7-8,10-11H,2-4,6,9,12H2,1H3,(H2,25,26,27,31). The van der Waals surface area contributed by atoms with E-state index in [1.807, 2.05) is 0 Å². The molecule has 1 aliphatic carbocycles. The first-order valence-electron chi connectivity index (χ1n) is 10.2. The number of carbonyl (C=O) groups excluding carboxylic acids is 1. The van der Waals surface area contributed by atoms with Crippen LogP contribution in [0.5, 0.6) is 0 Å². The van der Waals surface area contributed by atoms with Crippen LogP contribution in [0.2, 0.25) is 5.02 Å². The molecule has 2 heterocycles. The minimum absolute atomic E-state index is 0.192. The lowest BCUT2D eigenvalue weighted by molar-refractivity contribution is 0.0601. The Morgan fingerprint density at radius 3 is 2.88 bits per heavy atom.